The maximum absolute atomic E-state index is 6.17. The predicted octanol–water partition coefficient (Wildman–Crippen LogP) is 3.91. The lowest BCUT2D eigenvalue weighted by molar-refractivity contribution is 0.209. The maximum Gasteiger partial charge on any atom is 0.152 e. The van der Waals surface area contributed by atoms with Crippen LogP contribution in [-0.2, 0) is 11.4 Å². The SMILES string of the molecule is CON=C(C)CC(C)(C)Cn1c(C)nc2c(N)nc3ccccc3c21. The number of nitrogens with two attached hydrogens (primary N) is 1. The normalized spacial score (nSPS) is 12.9. The van der Waals surface area contributed by atoms with E-state index in [0.29, 0.717) is 5.82 Å². The van der Waals surface area contributed by atoms with Gasteiger partial charge in [-0.1, -0.05) is 37.2 Å². The molecule has 0 unspecified atom stereocenters. The number of hydrogen-bond acceptors (Lipinski definition) is 5. The lowest BCUT2D eigenvalue weighted by Crippen LogP contribution is -2.23. The molecule has 6 heteroatoms. The number of rotatable bonds is 5. The average Bonchev–Trinajstić information content (AvgIpc) is 2.84. The van der Waals surface area contributed by atoms with E-state index in [-0.39, 0.29) is 5.41 Å². The van der Waals surface area contributed by atoms with E-state index in [1.165, 1.54) is 0 Å². The number of pyridine rings is 1. The van der Waals surface area contributed by atoms with E-state index in [1.54, 1.807) is 7.11 Å². The van der Waals surface area contributed by atoms with Crippen molar-refractivity contribution in [3.63, 3.8) is 0 Å². The molecule has 0 fully saturated rings. The summed E-state index contributed by atoms with van der Waals surface area (Å²) in [7, 11) is 1.58. The predicted molar refractivity (Wildman–Crippen MR) is 103 cm³/mol. The topological polar surface area (TPSA) is 78.3 Å². The zero-order chi connectivity index (χ0) is 18.2. The molecule has 0 amide bonds. The first-order valence-corrected chi connectivity index (χ1v) is 8.40. The molecule has 0 radical (unpaired) electrons. The van der Waals surface area contributed by atoms with E-state index >= 15 is 0 Å². The van der Waals surface area contributed by atoms with Crippen molar-refractivity contribution in [3.8, 4) is 0 Å². The Morgan fingerprint density at radius 1 is 1.28 bits per heavy atom. The van der Waals surface area contributed by atoms with Gasteiger partial charge in [-0.2, -0.15) is 0 Å². The Bertz CT molecular complexity index is 955. The summed E-state index contributed by atoms with van der Waals surface area (Å²) in [5, 5.41) is 5.12. The number of aryl methyl sites for hydroxylation is 1. The first kappa shape index (κ1) is 17.2. The lowest BCUT2D eigenvalue weighted by atomic mass is 9.87. The molecule has 3 rings (SSSR count). The van der Waals surface area contributed by atoms with E-state index in [1.807, 2.05) is 32.0 Å². The monoisotopic (exact) mass is 339 g/mol. The lowest BCUT2D eigenvalue weighted by Gasteiger charge is -2.26. The average molecular weight is 339 g/mol. The van der Waals surface area contributed by atoms with Crippen molar-refractivity contribution in [2.75, 3.05) is 12.8 Å². The first-order chi connectivity index (χ1) is 11.8. The van der Waals surface area contributed by atoms with Crippen LogP contribution in [0.15, 0.2) is 29.4 Å². The van der Waals surface area contributed by atoms with E-state index in [2.05, 4.69) is 39.6 Å². The van der Waals surface area contributed by atoms with Crippen molar-refractivity contribution < 1.29 is 4.84 Å². The molecule has 132 valence electrons. The van der Waals surface area contributed by atoms with Crippen LogP contribution < -0.4 is 5.73 Å². The molecule has 0 atom stereocenters. The number of benzene rings is 1. The van der Waals surface area contributed by atoms with Gasteiger partial charge in [0, 0.05) is 11.9 Å². The van der Waals surface area contributed by atoms with Crippen LogP contribution in [0.1, 0.15) is 33.0 Å². The van der Waals surface area contributed by atoms with Crippen molar-refractivity contribution in [2.24, 2.45) is 10.6 Å². The fourth-order valence-corrected chi connectivity index (χ4v) is 3.53. The van der Waals surface area contributed by atoms with Crippen LogP contribution in [0, 0.1) is 12.3 Å². The number of para-hydroxylation sites is 1. The third-order valence-corrected chi connectivity index (χ3v) is 4.37. The molecule has 0 spiro atoms. The van der Waals surface area contributed by atoms with Gasteiger partial charge in [0.15, 0.2) is 5.82 Å². The highest BCUT2D eigenvalue weighted by Crippen LogP contribution is 2.32. The Morgan fingerprint density at radius 2 is 2.00 bits per heavy atom. The Kier molecular flexibility index (Phi) is 4.37. The van der Waals surface area contributed by atoms with Gasteiger partial charge in [-0.25, -0.2) is 9.97 Å². The van der Waals surface area contributed by atoms with Crippen LogP contribution in [0.3, 0.4) is 0 Å². The van der Waals surface area contributed by atoms with Gasteiger partial charge in [-0.3, -0.25) is 0 Å². The van der Waals surface area contributed by atoms with E-state index in [0.717, 1.165) is 46.4 Å². The van der Waals surface area contributed by atoms with Crippen molar-refractivity contribution in [2.45, 2.75) is 40.7 Å². The fraction of sp³-hybridized carbons (Fsp3) is 0.421. The van der Waals surface area contributed by atoms with Gasteiger partial charge >= 0.3 is 0 Å². The van der Waals surface area contributed by atoms with Crippen molar-refractivity contribution in [1.82, 2.24) is 14.5 Å². The van der Waals surface area contributed by atoms with Gasteiger partial charge < -0.3 is 15.1 Å². The number of imidazole rings is 1. The summed E-state index contributed by atoms with van der Waals surface area (Å²) in [6.45, 7) is 9.25. The third kappa shape index (κ3) is 3.29. The van der Waals surface area contributed by atoms with Crippen LogP contribution in [0.4, 0.5) is 5.82 Å². The highest BCUT2D eigenvalue weighted by Gasteiger charge is 2.24. The smallest absolute Gasteiger partial charge is 0.152 e. The summed E-state index contributed by atoms with van der Waals surface area (Å²) in [4.78, 5) is 14.1. The van der Waals surface area contributed by atoms with Crippen molar-refractivity contribution in [3.05, 3.63) is 30.1 Å². The van der Waals surface area contributed by atoms with Crippen molar-refractivity contribution in [1.29, 1.82) is 0 Å². The second-order valence-corrected chi connectivity index (χ2v) is 7.31. The second-order valence-electron chi connectivity index (χ2n) is 7.31. The fourth-order valence-electron chi connectivity index (χ4n) is 3.53. The Labute approximate surface area is 147 Å². The summed E-state index contributed by atoms with van der Waals surface area (Å²) in [5.41, 5.74) is 9.84. The second kappa shape index (κ2) is 6.35. The molecule has 6 nitrogen and oxygen atoms in total. The first-order valence-electron chi connectivity index (χ1n) is 8.40. The quantitative estimate of drug-likeness (QED) is 0.564. The number of nitrogens with zero attached hydrogens (tertiary/aromatic N) is 4. The van der Waals surface area contributed by atoms with Crippen LogP contribution in [0.5, 0.6) is 0 Å². The summed E-state index contributed by atoms with van der Waals surface area (Å²) >= 11 is 0. The van der Waals surface area contributed by atoms with Gasteiger partial charge in [-0.05, 0) is 31.7 Å². The van der Waals surface area contributed by atoms with Crippen LogP contribution in [0.2, 0.25) is 0 Å². The standard InChI is InChI=1S/C19H25N5O/c1-12(23-25-5)10-19(3,4)11-24-13(2)21-16-17(24)14-8-6-7-9-15(14)22-18(16)20/h6-9H,10-11H2,1-5H3,(H2,20,22). The number of anilines is 1. The van der Waals surface area contributed by atoms with E-state index < -0.39 is 0 Å². The van der Waals surface area contributed by atoms with Gasteiger partial charge in [0.25, 0.3) is 0 Å². The van der Waals surface area contributed by atoms with Crippen molar-refractivity contribution >= 4 is 33.5 Å². The zero-order valence-corrected chi connectivity index (χ0v) is 15.5. The number of aromatic nitrogens is 3. The molecule has 2 N–H and O–H groups in total. The number of hydrogen-bond donors (Lipinski definition) is 1. The largest absolute Gasteiger partial charge is 0.399 e. The van der Waals surface area contributed by atoms with Gasteiger partial charge in [0.1, 0.15) is 18.5 Å². The maximum atomic E-state index is 6.17. The molecule has 0 saturated heterocycles. The Hall–Kier alpha value is -2.63. The molecular formula is C19H25N5O. The molecule has 0 aliphatic carbocycles. The van der Waals surface area contributed by atoms with Gasteiger partial charge in [0.2, 0.25) is 0 Å². The number of oxime groups is 1. The molecule has 0 saturated carbocycles. The summed E-state index contributed by atoms with van der Waals surface area (Å²) in [6.07, 6.45) is 0.832. The molecule has 0 aliphatic rings. The van der Waals surface area contributed by atoms with Gasteiger partial charge in [0.05, 0.1) is 16.7 Å². The highest BCUT2D eigenvalue weighted by molar-refractivity contribution is 6.06. The zero-order valence-electron chi connectivity index (χ0n) is 15.5. The Balaban J connectivity index is 2.13. The minimum absolute atomic E-state index is 0.0103. The number of nitrogen functional groups attached to an aromatic ring is 1. The summed E-state index contributed by atoms with van der Waals surface area (Å²) in [6, 6.07) is 8.06. The molecule has 3 aromatic rings. The van der Waals surface area contributed by atoms with Gasteiger partial charge in [-0.15, -0.1) is 0 Å². The molecule has 2 heterocycles. The van der Waals surface area contributed by atoms with Crippen LogP contribution >= 0.6 is 0 Å². The third-order valence-electron chi connectivity index (χ3n) is 4.37. The highest BCUT2D eigenvalue weighted by atomic mass is 16.6. The molecule has 0 bridgehead atoms. The minimum atomic E-state index is -0.0103. The molecule has 2 aromatic heterocycles. The minimum Gasteiger partial charge on any atom is -0.399 e. The van der Waals surface area contributed by atoms with E-state index in [9.17, 15) is 0 Å². The van der Waals surface area contributed by atoms with Crippen LogP contribution in [-0.4, -0.2) is 27.4 Å². The summed E-state index contributed by atoms with van der Waals surface area (Å²) < 4.78 is 2.25. The molecule has 0 aliphatic heterocycles. The summed E-state index contributed by atoms with van der Waals surface area (Å²) in [5.74, 6) is 1.42. The molecular weight excluding hydrogens is 314 g/mol. The van der Waals surface area contributed by atoms with Crippen LogP contribution in [0.25, 0.3) is 21.9 Å². The molecule has 1 aromatic carbocycles. The molecule has 25 heavy (non-hydrogen) atoms. The van der Waals surface area contributed by atoms with E-state index in [4.69, 9.17) is 10.6 Å². The number of fused-ring (bicyclic) bond motifs is 3. The Morgan fingerprint density at radius 3 is 2.72 bits per heavy atom.